The van der Waals surface area contributed by atoms with Crippen LogP contribution in [0.3, 0.4) is 0 Å². The van der Waals surface area contributed by atoms with E-state index in [9.17, 15) is 4.79 Å². The number of fused-ring (bicyclic) bond motifs is 1. The maximum atomic E-state index is 12.9. The van der Waals surface area contributed by atoms with Gasteiger partial charge in [-0.25, -0.2) is 9.97 Å². The van der Waals surface area contributed by atoms with Gasteiger partial charge in [0.2, 0.25) is 0 Å². The van der Waals surface area contributed by atoms with E-state index in [1.54, 1.807) is 23.7 Å². The van der Waals surface area contributed by atoms with Gasteiger partial charge in [0.15, 0.2) is 0 Å². The van der Waals surface area contributed by atoms with E-state index in [-0.39, 0.29) is 12.0 Å². The van der Waals surface area contributed by atoms with Crippen LogP contribution >= 0.6 is 27.3 Å². The van der Waals surface area contributed by atoms with Gasteiger partial charge in [-0.05, 0) is 46.3 Å². The molecule has 4 rings (SSSR count). The number of rotatable bonds is 3. The predicted octanol–water partition coefficient (Wildman–Crippen LogP) is 4.14. The molecule has 1 amide bonds. The molecule has 7 heteroatoms. The Labute approximate surface area is 157 Å². The van der Waals surface area contributed by atoms with Crippen molar-refractivity contribution in [2.24, 2.45) is 0 Å². The molecule has 1 saturated heterocycles. The van der Waals surface area contributed by atoms with Crippen molar-refractivity contribution in [3.63, 3.8) is 0 Å². The molecule has 1 fully saturated rings. The monoisotopic (exact) mass is 417 g/mol. The minimum absolute atomic E-state index is 0.0752. The van der Waals surface area contributed by atoms with Crippen LogP contribution in [0.1, 0.15) is 22.5 Å². The van der Waals surface area contributed by atoms with Crippen molar-refractivity contribution in [2.45, 2.75) is 18.9 Å². The molecule has 25 heavy (non-hydrogen) atoms. The summed E-state index contributed by atoms with van der Waals surface area (Å²) in [7, 11) is 0. The van der Waals surface area contributed by atoms with E-state index >= 15 is 0 Å². The highest BCUT2D eigenvalue weighted by Crippen LogP contribution is 2.27. The van der Waals surface area contributed by atoms with Gasteiger partial charge in [-0.3, -0.25) is 4.79 Å². The zero-order valence-corrected chi connectivity index (χ0v) is 15.8. The number of halogens is 1. The third-order valence-corrected chi connectivity index (χ3v) is 5.68. The van der Waals surface area contributed by atoms with E-state index < -0.39 is 0 Å². The third-order valence-electron chi connectivity index (χ3n) is 4.17. The van der Waals surface area contributed by atoms with Crippen LogP contribution in [0, 0.1) is 0 Å². The molecular formula is C18H16BrN3O2S. The highest BCUT2D eigenvalue weighted by Gasteiger charge is 2.27. The van der Waals surface area contributed by atoms with Crippen LogP contribution in [0.5, 0.6) is 6.01 Å². The maximum absolute atomic E-state index is 12.9. The first kappa shape index (κ1) is 16.5. The second-order valence-electron chi connectivity index (χ2n) is 5.97. The van der Waals surface area contributed by atoms with Crippen LogP contribution in [0.15, 0.2) is 47.2 Å². The number of carbonyl (C=O) groups is 1. The van der Waals surface area contributed by atoms with Crippen LogP contribution in [-0.4, -0.2) is 40.0 Å². The van der Waals surface area contributed by atoms with Crippen molar-refractivity contribution in [1.29, 1.82) is 0 Å². The molecule has 0 radical (unpaired) electrons. The summed E-state index contributed by atoms with van der Waals surface area (Å²) in [6.07, 6.45) is 5.05. The molecule has 1 unspecified atom stereocenters. The Kier molecular flexibility index (Phi) is 4.67. The minimum Gasteiger partial charge on any atom is -0.458 e. The molecule has 0 saturated carbocycles. The molecule has 5 nitrogen and oxygen atoms in total. The number of aromatic nitrogens is 2. The fourth-order valence-corrected chi connectivity index (χ4v) is 4.21. The highest BCUT2D eigenvalue weighted by molar-refractivity contribution is 9.10. The lowest BCUT2D eigenvalue weighted by atomic mass is 10.1. The number of carbonyl (C=O) groups excluding carboxylic acids is 1. The standard InChI is InChI=1S/C18H16BrN3O2S/c19-13-9-20-18(21-10-13)24-14-5-3-7-22(11-14)17(23)16-8-12-4-1-2-6-15(12)25-16/h1-2,4,6,8-10,14H,3,5,7,11H2. The highest BCUT2D eigenvalue weighted by atomic mass is 79.9. The molecule has 1 aromatic carbocycles. The first-order valence-electron chi connectivity index (χ1n) is 8.11. The van der Waals surface area contributed by atoms with Crippen LogP contribution < -0.4 is 4.74 Å². The Morgan fingerprint density at radius 2 is 2.08 bits per heavy atom. The Morgan fingerprint density at radius 3 is 2.88 bits per heavy atom. The maximum Gasteiger partial charge on any atom is 0.316 e. The van der Waals surface area contributed by atoms with Gasteiger partial charge in [-0.2, -0.15) is 0 Å². The molecule has 0 bridgehead atoms. The van der Waals surface area contributed by atoms with E-state index in [0.29, 0.717) is 12.6 Å². The number of hydrogen-bond acceptors (Lipinski definition) is 5. The Hall–Kier alpha value is -1.99. The molecule has 1 aliphatic rings. The van der Waals surface area contributed by atoms with Gasteiger partial charge in [-0.15, -0.1) is 11.3 Å². The average molecular weight is 418 g/mol. The van der Waals surface area contributed by atoms with Gasteiger partial charge in [-0.1, -0.05) is 18.2 Å². The Morgan fingerprint density at radius 1 is 1.28 bits per heavy atom. The summed E-state index contributed by atoms with van der Waals surface area (Å²) >= 11 is 4.85. The SMILES string of the molecule is O=C(c1cc2ccccc2s1)N1CCCC(Oc2ncc(Br)cn2)C1. The van der Waals surface area contributed by atoms with Crippen LogP contribution in [0.2, 0.25) is 0 Å². The van der Waals surface area contributed by atoms with Crippen molar-refractivity contribution >= 4 is 43.3 Å². The number of benzene rings is 1. The first-order chi connectivity index (χ1) is 12.2. The number of ether oxygens (including phenoxy) is 1. The Bertz CT molecular complexity index is 864. The number of piperidine rings is 1. The zero-order chi connectivity index (χ0) is 17.2. The second-order valence-corrected chi connectivity index (χ2v) is 7.97. The molecule has 0 spiro atoms. The molecule has 1 aliphatic heterocycles. The number of nitrogens with zero attached hydrogens (tertiary/aromatic N) is 3. The summed E-state index contributed by atoms with van der Waals surface area (Å²) in [5.74, 6) is 0.0752. The molecule has 1 atom stereocenters. The van der Waals surface area contributed by atoms with Crippen molar-refractivity contribution in [2.75, 3.05) is 13.1 Å². The zero-order valence-electron chi connectivity index (χ0n) is 13.4. The van der Waals surface area contributed by atoms with Crippen molar-refractivity contribution in [1.82, 2.24) is 14.9 Å². The molecular weight excluding hydrogens is 402 g/mol. The van der Waals surface area contributed by atoms with Crippen LogP contribution in [0.25, 0.3) is 10.1 Å². The molecule has 128 valence electrons. The molecule has 0 N–H and O–H groups in total. The van der Waals surface area contributed by atoms with Crippen molar-refractivity contribution in [3.05, 3.63) is 52.1 Å². The molecule has 3 aromatic rings. The largest absolute Gasteiger partial charge is 0.458 e. The van der Waals surface area contributed by atoms with Crippen LogP contribution in [-0.2, 0) is 0 Å². The van der Waals surface area contributed by atoms with Gasteiger partial charge in [0.1, 0.15) is 6.10 Å². The quantitative estimate of drug-likeness (QED) is 0.642. The first-order valence-corrected chi connectivity index (χ1v) is 9.72. The summed E-state index contributed by atoms with van der Waals surface area (Å²) in [6.45, 7) is 1.32. The molecule has 2 aromatic heterocycles. The molecule has 0 aliphatic carbocycles. The Balaban J connectivity index is 1.46. The number of thiophene rings is 1. The van der Waals surface area contributed by atoms with Gasteiger partial charge in [0.25, 0.3) is 5.91 Å². The summed E-state index contributed by atoms with van der Waals surface area (Å²) in [5.41, 5.74) is 0. The predicted molar refractivity (Wildman–Crippen MR) is 101 cm³/mol. The minimum atomic E-state index is -0.0757. The summed E-state index contributed by atoms with van der Waals surface area (Å²) < 4.78 is 7.80. The lowest BCUT2D eigenvalue weighted by molar-refractivity contribution is 0.0520. The fourth-order valence-electron chi connectivity index (χ4n) is 2.97. The summed E-state index contributed by atoms with van der Waals surface area (Å²) in [6, 6.07) is 10.4. The second kappa shape index (κ2) is 7.09. The van der Waals surface area contributed by atoms with E-state index in [0.717, 1.165) is 38.8 Å². The number of hydrogen-bond donors (Lipinski definition) is 0. The van der Waals surface area contributed by atoms with Crippen LogP contribution in [0.4, 0.5) is 0 Å². The fraction of sp³-hybridized carbons (Fsp3) is 0.278. The lowest BCUT2D eigenvalue weighted by Crippen LogP contribution is -2.44. The van der Waals surface area contributed by atoms with Crippen molar-refractivity contribution in [3.8, 4) is 6.01 Å². The van der Waals surface area contributed by atoms with E-state index in [2.05, 4.69) is 25.9 Å². The van der Waals surface area contributed by atoms with Gasteiger partial charge in [0, 0.05) is 23.6 Å². The lowest BCUT2D eigenvalue weighted by Gasteiger charge is -2.32. The van der Waals surface area contributed by atoms with Gasteiger partial charge < -0.3 is 9.64 Å². The van der Waals surface area contributed by atoms with Gasteiger partial charge in [0.05, 0.1) is 15.9 Å². The summed E-state index contributed by atoms with van der Waals surface area (Å²) in [4.78, 5) is 23.8. The normalized spacial score (nSPS) is 17.6. The average Bonchev–Trinajstić information content (AvgIpc) is 3.07. The topological polar surface area (TPSA) is 55.3 Å². The summed E-state index contributed by atoms with van der Waals surface area (Å²) in [5, 5.41) is 1.11. The van der Waals surface area contributed by atoms with E-state index in [1.807, 2.05) is 35.2 Å². The van der Waals surface area contributed by atoms with E-state index in [4.69, 9.17) is 4.74 Å². The smallest absolute Gasteiger partial charge is 0.316 e. The van der Waals surface area contributed by atoms with Crippen molar-refractivity contribution < 1.29 is 9.53 Å². The van der Waals surface area contributed by atoms with E-state index in [1.165, 1.54) is 0 Å². The van der Waals surface area contributed by atoms with Gasteiger partial charge >= 0.3 is 6.01 Å². The molecule has 3 heterocycles. The third kappa shape index (κ3) is 3.67. The number of amides is 1. The number of likely N-dealkylation sites (tertiary alicyclic amines) is 1.